The Balaban J connectivity index is 2.23. The Labute approximate surface area is 166 Å². The van der Waals surface area contributed by atoms with Gasteiger partial charge in [-0.25, -0.2) is 8.42 Å². The van der Waals surface area contributed by atoms with Crippen LogP contribution in [0.5, 0.6) is 5.75 Å². The summed E-state index contributed by atoms with van der Waals surface area (Å²) in [5.74, 6) is 0.145. The molecule has 0 aromatic heterocycles. The molecule has 2 aromatic rings. The van der Waals surface area contributed by atoms with Crippen LogP contribution in [0.4, 0.5) is 11.4 Å². The predicted molar refractivity (Wildman–Crippen MR) is 113 cm³/mol. The normalized spacial score (nSPS) is 12.1. The summed E-state index contributed by atoms with van der Waals surface area (Å²) in [6.07, 6.45) is 3.56. The van der Waals surface area contributed by atoms with Gasteiger partial charge in [-0.05, 0) is 43.2 Å². The second-order valence-corrected chi connectivity index (χ2v) is 8.23. The average molecular weight is 403 g/mol. The molecule has 0 bridgehead atoms. The fourth-order valence-corrected chi connectivity index (χ4v) is 3.93. The number of amides is 1. The van der Waals surface area contributed by atoms with Gasteiger partial charge in [-0.1, -0.05) is 37.8 Å². The van der Waals surface area contributed by atoms with Gasteiger partial charge in [0, 0.05) is 11.8 Å². The van der Waals surface area contributed by atoms with Crippen LogP contribution in [0.2, 0.25) is 0 Å². The van der Waals surface area contributed by atoms with Crippen molar-refractivity contribution in [1.29, 1.82) is 0 Å². The Hall–Kier alpha value is -2.80. The Morgan fingerprint density at radius 3 is 2.50 bits per heavy atom. The monoisotopic (exact) mass is 402 g/mol. The van der Waals surface area contributed by atoms with Crippen molar-refractivity contribution in [2.75, 3.05) is 22.5 Å². The van der Waals surface area contributed by atoms with Crippen molar-refractivity contribution in [3.8, 4) is 5.75 Å². The van der Waals surface area contributed by atoms with E-state index >= 15 is 0 Å². The van der Waals surface area contributed by atoms with Crippen LogP contribution in [0.3, 0.4) is 0 Å². The molecule has 0 aliphatic heterocycles. The molecule has 1 atom stereocenters. The van der Waals surface area contributed by atoms with Crippen molar-refractivity contribution in [3.05, 3.63) is 66.7 Å². The minimum absolute atomic E-state index is 0.351. The molecule has 0 aliphatic rings. The molecule has 0 fully saturated rings. The van der Waals surface area contributed by atoms with Crippen LogP contribution in [0.25, 0.3) is 0 Å². The van der Waals surface area contributed by atoms with E-state index in [2.05, 4.69) is 11.9 Å². The first-order chi connectivity index (χ1) is 13.3. The summed E-state index contributed by atoms with van der Waals surface area (Å²) in [7, 11) is -3.66. The second-order valence-electron chi connectivity index (χ2n) is 6.37. The zero-order valence-electron chi connectivity index (χ0n) is 16.4. The minimum Gasteiger partial charge on any atom is -0.489 e. The zero-order chi connectivity index (χ0) is 20.7. The maximum atomic E-state index is 12.7. The van der Waals surface area contributed by atoms with Gasteiger partial charge in [0.2, 0.25) is 15.9 Å². The quantitative estimate of drug-likeness (QED) is 0.650. The number of nitrogens with zero attached hydrogens (tertiary/aromatic N) is 1. The van der Waals surface area contributed by atoms with Crippen LogP contribution in [-0.2, 0) is 21.2 Å². The standard InChI is InChI=1S/C21H26N2O4S/c1-5-14-27-20-9-7-8-18(15-20)22-21(24)16(3)23(28(4,25)26)19-12-10-17(6-2)11-13-19/h5,7-13,15-16H,1,6,14H2,2-4H3,(H,22,24). The topological polar surface area (TPSA) is 75.7 Å². The van der Waals surface area contributed by atoms with Crippen molar-refractivity contribution < 1.29 is 17.9 Å². The lowest BCUT2D eigenvalue weighted by Crippen LogP contribution is -2.45. The van der Waals surface area contributed by atoms with Crippen molar-refractivity contribution in [1.82, 2.24) is 0 Å². The first kappa shape index (κ1) is 21.5. The van der Waals surface area contributed by atoms with E-state index in [9.17, 15) is 13.2 Å². The van der Waals surface area contributed by atoms with E-state index in [1.165, 1.54) is 0 Å². The summed E-state index contributed by atoms with van der Waals surface area (Å²) in [6, 6.07) is 13.1. The van der Waals surface area contributed by atoms with Gasteiger partial charge in [-0.15, -0.1) is 0 Å². The number of carbonyl (C=O) groups excluding carboxylic acids is 1. The SMILES string of the molecule is C=CCOc1cccc(NC(=O)C(C)N(c2ccc(CC)cc2)S(C)(=O)=O)c1. The number of benzene rings is 2. The van der Waals surface area contributed by atoms with Crippen LogP contribution in [0.15, 0.2) is 61.2 Å². The molecule has 0 saturated carbocycles. The number of nitrogens with one attached hydrogen (secondary N) is 1. The molecular formula is C21H26N2O4S. The maximum absolute atomic E-state index is 12.7. The summed E-state index contributed by atoms with van der Waals surface area (Å²) >= 11 is 0. The van der Waals surface area contributed by atoms with E-state index in [0.29, 0.717) is 23.7 Å². The zero-order valence-corrected chi connectivity index (χ0v) is 17.2. The summed E-state index contributed by atoms with van der Waals surface area (Å²) < 4.78 is 31.3. The van der Waals surface area contributed by atoms with Gasteiger partial charge in [-0.3, -0.25) is 9.10 Å². The number of aryl methyl sites for hydroxylation is 1. The lowest BCUT2D eigenvalue weighted by atomic mass is 10.1. The molecular weight excluding hydrogens is 376 g/mol. The third kappa shape index (κ3) is 5.60. The third-order valence-corrected chi connectivity index (χ3v) is 5.40. The second kappa shape index (κ2) is 9.41. The Kier molecular flexibility index (Phi) is 7.23. The summed E-state index contributed by atoms with van der Waals surface area (Å²) in [4.78, 5) is 12.7. The number of ether oxygens (including phenoxy) is 1. The average Bonchev–Trinajstić information content (AvgIpc) is 2.66. The van der Waals surface area contributed by atoms with Gasteiger partial charge in [-0.2, -0.15) is 0 Å². The van der Waals surface area contributed by atoms with Gasteiger partial charge < -0.3 is 10.1 Å². The predicted octanol–water partition coefficient (Wildman–Crippen LogP) is 3.61. The number of sulfonamides is 1. The van der Waals surface area contributed by atoms with Crippen molar-refractivity contribution in [3.63, 3.8) is 0 Å². The Morgan fingerprint density at radius 2 is 1.93 bits per heavy atom. The first-order valence-electron chi connectivity index (χ1n) is 8.99. The fraction of sp³-hybridized carbons (Fsp3) is 0.286. The van der Waals surface area contributed by atoms with Crippen LogP contribution in [0, 0.1) is 0 Å². The molecule has 0 saturated heterocycles. The maximum Gasteiger partial charge on any atom is 0.247 e. The number of anilines is 2. The third-order valence-electron chi connectivity index (χ3n) is 4.16. The number of carbonyl (C=O) groups is 1. The van der Waals surface area contributed by atoms with Gasteiger partial charge in [0.05, 0.1) is 11.9 Å². The molecule has 0 aliphatic carbocycles. The molecule has 0 heterocycles. The number of hydrogen-bond acceptors (Lipinski definition) is 4. The van der Waals surface area contributed by atoms with Crippen molar-refractivity contribution in [2.24, 2.45) is 0 Å². The number of rotatable bonds is 9. The van der Waals surface area contributed by atoms with Gasteiger partial charge in [0.15, 0.2) is 0 Å². The number of hydrogen-bond donors (Lipinski definition) is 1. The highest BCUT2D eigenvalue weighted by atomic mass is 32.2. The van der Waals surface area contributed by atoms with Crippen LogP contribution in [-0.4, -0.2) is 33.2 Å². The summed E-state index contributed by atoms with van der Waals surface area (Å²) in [5.41, 5.74) is 2.06. The Bertz CT molecular complexity index is 924. The highest BCUT2D eigenvalue weighted by Crippen LogP contribution is 2.23. The summed E-state index contributed by atoms with van der Waals surface area (Å²) in [6.45, 7) is 7.52. The highest BCUT2D eigenvalue weighted by Gasteiger charge is 2.29. The smallest absolute Gasteiger partial charge is 0.247 e. The van der Waals surface area contributed by atoms with E-state index in [1.54, 1.807) is 49.4 Å². The molecule has 6 nitrogen and oxygen atoms in total. The van der Waals surface area contributed by atoms with E-state index in [-0.39, 0.29) is 0 Å². The largest absolute Gasteiger partial charge is 0.489 e. The van der Waals surface area contributed by atoms with E-state index in [0.717, 1.165) is 22.5 Å². The molecule has 0 radical (unpaired) electrons. The lowest BCUT2D eigenvalue weighted by molar-refractivity contribution is -0.116. The van der Waals surface area contributed by atoms with Gasteiger partial charge in [0.25, 0.3) is 0 Å². The molecule has 150 valence electrons. The molecule has 1 unspecified atom stereocenters. The van der Waals surface area contributed by atoms with Gasteiger partial charge in [0.1, 0.15) is 18.4 Å². The first-order valence-corrected chi connectivity index (χ1v) is 10.8. The van der Waals surface area contributed by atoms with E-state index < -0.39 is 22.0 Å². The van der Waals surface area contributed by atoms with E-state index in [1.807, 2.05) is 19.1 Å². The summed E-state index contributed by atoms with van der Waals surface area (Å²) in [5, 5.41) is 2.75. The molecule has 2 aromatic carbocycles. The van der Waals surface area contributed by atoms with E-state index in [4.69, 9.17) is 4.74 Å². The molecule has 1 N–H and O–H groups in total. The van der Waals surface area contributed by atoms with Crippen LogP contribution in [0.1, 0.15) is 19.4 Å². The lowest BCUT2D eigenvalue weighted by Gasteiger charge is -2.28. The highest BCUT2D eigenvalue weighted by molar-refractivity contribution is 7.92. The fourth-order valence-electron chi connectivity index (χ4n) is 2.75. The molecule has 0 spiro atoms. The molecule has 7 heteroatoms. The van der Waals surface area contributed by atoms with Crippen LogP contribution < -0.4 is 14.4 Å². The Morgan fingerprint density at radius 1 is 1.25 bits per heavy atom. The molecule has 1 amide bonds. The molecule has 28 heavy (non-hydrogen) atoms. The molecule has 2 rings (SSSR count). The minimum atomic E-state index is -3.66. The van der Waals surface area contributed by atoms with Crippen molar-refractivity contribution in [2.45, 2.75) is 26.3 Å². The van der Waals surface area contributed by atoms with Crippen molar-refractivity contribution >= 4 is 27.3 Å². The van der Waals surface area contributed by atoms with Crippen LogP contribution >= 0.6 is 0 Å². The van der Waals surface area contributed by atoms with Gasteiger partial charge >= 0.3 is 0 Å².